The Bertz CT molecular complexity index is 520. The van der Waals surface area contributed by atoms with Gasteiger partial charge in [-0.3, -0.25) is 4.79 Å². The van der Waals surface area contributed by atoms with E-state index in [2.05, 4.69) is 5.32 Å². The van der Waals surface area contributed by atoms with Gasteiger partial charge in [-0.15, -0.1) is 0 Å². The van der Waals surface area contributed by atoms with E-state index in [9.17, 15) is 4.79 Å². The SMILES string of the molecule is NC1CC2CCCC(C1)C2NC(=O)CCc1ccccc1Cl. The predicted octanol–water partition coefficient (Wildman–Crippen LogP) is 3.29. The van der Waals surface area contributed by atoms with Gasteiger partial charge in [0, 0.05) is 23.5 Å². The van der Waals surface area contributed by atoms with Gasteiger partial charge < -0.3 is 11.1 Å². The van der Waals surface area contributed by atoms with Gasteiger partial charge in [-0.1, -0.05) is 36.2 Å². The monoisotopic (exact) mass is 320 g/mol. The molecule has 2 unspecified atom stereocenters. The van der Waals surface area contributed by atoms with Gasteiger partial charge in [0.15, 0.2) is 0 Å². The fraction of sp³-hybridized carbons (Fsp3) is 0.611. The summed E-state index contributed by atoms with van der Waals surface area (Å²) in [5, 5.41) is 4.04. The van der Waals surface area contributed by atoms with E-state index < -0.39 is 0 Å². The topological polar surface area (TPSA) is 55.1 Å². The van der Waals surface area contributed by atoms with Crippen LogP contribution >= 0.6 is 11.6 Å². The normalized spacial score (nSPS) is 30.8. The molecule has 3 nitrogen and oxygen atoms in total. The largest absolute Gasteiger partial charge is 0.353 e. The maximum atomic E-state index is 12.3. The van der Waals surface area contributed by atoms with Crippen molar-refractivity contribution in [3.05, 3.63) is 34.9 Å². The minimum Gasteiger partial charge on any atom is -0.353 e. The van der Waals surface area contributed by atoms with Crippen molar-refractivity contribution < 1.29 is 4.79 Å². The number of rotatable bonds is 4. The van der Waals surface area contributed by atoms with Gasteiger partial charge in [0.25, 0.3) is 0 Å². The Morgan fingerprint density at radius 1 is 1.23 bits per heavy atom. The molecule has 0 saturated heterocycles. The zero-order valence-corrected chi connectivity index (χ0v) is 13.7. The Hall–Kier alpha value is -1.06. The number of nitrogens with one attached hydrogen (secondary N) is 1. The predicted molar refractivity (Wildman–Crippen MR) is 89.7 cm³/mol. The van der Waals surface area contributed by atoms with E-state index in [0.29, 0.717) is 36.8 Å². The quantitative estimate of drug-likeness (QED) is 0.894. The first-order valence-electron chi connectivity index (χ1n) is 8.42. The lowest BCUT2D eigenvalue weighted by Crippen LogP contribution is -2.53. The van der Waals surface area contributed by atoms with Crippen molar-refractivity contribution in [2.45, 2.75) is 57.0 Å². The molecule has 22 heavy (non-hydrogen) atoms. The number of nitrogens with two attached hydrogens (primary N) is 1. The average Bonchev–Trinajstić information content (AvgIpc) is 2.47. The molecule has 120 valence electrons. The van der Waals surface area contributed by atoms with Crippen LogP contribution < -0.4 is 11.1 Å². The lowest BCUT2D eigenvalue weighted by Gasteiger charge is -2.45. The molecule has 0 heterocycles. The van der Waals surface area contributed by atoms with E-state index in [1.165, 1.54) is 19.3 Å². The molecule has 0 spiro atoms. The Morgan fingerprint density at radius 2 is 1.91 bits per heavy atom. The van der Waals surface area contributed by atoms with Crippen LogP contribution in [0.3, 0.4) is 0 Å². The maximum Gasteiger partial charge on any atom is 0.220 e. The van der Waals surface area contributed by atoms with E-state index >= 15 is 0 Å². The summed E-state index contributed by atoms with van der Waals surface area (Å²) >= 11 is 6.15. The third-order valence-electron chi connectivity index (χ3n) is 5.28. The van der Waals surface area contributed by atoms with Crippen molar-refractivity contribution in [3.8, 4) is 0 Å². The van der Waals surface area contributed by atoms with Crippen LogP contribution in [-0.2, 0) is 11.2 Å². The number of carbonyl (C=O) groups excluding carboxylic acids is 1. The highest BCUT2D eigenvalue weighted by Crippen LogP contribution is 2.39. The lowest BCUT2D eigenvalue weighted by atomic mass is 9.67. The third-order valence-corrected chi connectivity index (χ3v) is 5.65. The smallest absolute Gasteiger partial charge is 0.220 e. The molecule has 1 aromatic carbocycles. The van der Waals surface area contributed by atoms with Gasteiger partial charge in [0.1, 0.15) is 0 Å². The maximum absolute atomic E-state index is 12.3. The molecule has 1 aromatic rings. The zero-order chi connectivity index (χ0) is 15.5. The Kier molecular flexibility index (Phi) is 5.04. The fourth-order valence-electron chi connectivity index (χ4n) is 4.23. The van der Waals surface area contributed by atoms with E-state index in [1.54, 1.807) is 0 Å². The molecule has 2 fully saturated rings. The van der Waals surface area contributed by atoms with Crippen molar-refractivity contribution in [1.82, 2.24) is 5.32 Å². The molecular weight excluding hydrogens is 296 g/mol. The molecule has 0 aromatic heterocycles. The Balaban J connectivity index is 1.54. The van der Waals surface area contributed by atoms with Crippen LogP contribution in [0.5, 0.6) is 0 Å². The van der Waals surface area contributed by atoms with Crippen LogP contribution in [0.25, 0.3) is 0 Å². The molecule has 2 bridgehead atoms. The number of amides is 1. The minimum absolute atomic E-state index is 0.150. The number of hydrogen-bond acceptors (Lipinski definition) is 2. The molecular formula is C18H25ClN2O. The fourth-order valence-corrected chi connectivity index (χ4v) is 4.46. The molecule has 3 rings (SSSR count). The van der Waals surface area contributed by atoms with Crippen LogP contribution in [-0.4, -0.2) is 18.0 Å². The van der Waals surface area contributed by atoms with Gasteiger partial charge in [-0.2, -0.15) is 0 Å². The summed E-state index contributed by atoms with van der Waals surface area (Å²) in [5.41, 5.74) is 7.19. The van der Waals surface area contributed by atoms with Crippen LogP contribution in [0.4, 0.5) is 0 Å². The van der Waals surface area contributed by atoms with Gasteiger partial charge >= 0.3 is 0 Å². The van der Waals surface area contributed by atoms with Gasteiger partial charge in [-0.05, 0) is 55.6 Å². The molecule has 4 heteroatoms. The number of fused-ring (bicyclic) bond motifs is 2. The lowest BCUT2D eigenvalue weighted by molar-refractivity contribution is -0.123. The van der Waals surface area contributed by atoms with E-state index in [0.717, 1.165) is 23.4 Å². The first-order chi connectivity index (χ1) is 10.6. The van der Waals surface area contributed by atoms with Crippen LogP contribution in [0.2, 0.25) is 5.02 Å². The summed E-state index contributed by atoms with van der Waals surface area (Å²) in [6.07, 6.45) is 7.03. The van der Waals surface area contributed by atoms with Crippen molar-refractivity contribution in [3.63, 3.8) is 0 Å². The highest BCUT2D eigenvalue weighted by Gasteiger charge is 2.39. The number of benzene rings is 1. The van der Waals surface area contributed by atoms with Crippen LogP contribution in [0.1, 0.15) is 44.1 Å². The number of hydrogen-bond donors (Lipinski definition) is 2. The van der Waals surface area contributed by atoms with E-state index in [-0.39, 0.29) is 5.91 Å². The molecule has 2 saturated carbocycles. The van der Waals surface area contributed by atoms with E-state index in [4.69, 9.17) is 17.3 Å². The highest BCUT2D eigenvalue weighted by atomic mass is 35.5. The van der Waals surface area contributed by atoms with Crippen molar-refractivity contribution in [2.24, 2.45) is 17.6 Å². The highest BCUT2D eigenvalue weighted by molar-refractivity contribution is 6.31. The number of aryl methyl sites for hydroxylation is 1. The average molecular weight is 321 g/mol. The second kappa shape index (κ2) is 7.01. The molecule has 3 N–H and O–H groups in total. The summed E-state index contributed by atoms with van der Waals surface area (Å²) in [6, 6.07) is 8.41. The summed E-state index contributed by atoms with van der Waals surface area (Å²) < 4.78 is 0. The van der Waals surface area contributed by atoms with E-state index in [1.807, 2.05) is 24.3 Å². The molecule has 1 amide bonds. The second-order valence-electron chi connectivity index (χ2n) is 6.87. The molecule has 2 aliphatic rings. The van der Waals surface area contributed by atoms with Gasteiger partial charge in [0.2, 0.25) is 5.91 Å². The third kappa shape index (κ3) is 3.64. The van der Waals surface area contributed by atoms with Crippen LogP contribution in [0, 0.1) is 11.8 Å². The number of carbonyl (C=O) groups is 1. The Labute approximate surface area is 137 Å². The second-order valence-corrected chi connectivity index (χ2v) is 7.27. The zero-order valence-electron chi connectivity index (χ0n) is 12.9. The van der Waals surface area contributed by atoms with Crippen molar-refractivity contribution in [2.75, 3.05) is 0 Å². The van der Waals surface area contributed by atoms with Crippen molar-refractivity contribution in [1.29, 1.82) is 0 Å². The summed E-state index contributed by atoms with van der Waals surface area (Å²) in [6.45, 7) is 0. The first kappa shape index (κ1) is 15.8. The summed E-state index contributed by atoms with van der Waals surface area (Å²) in [5.74, 6) is 1.30. The molecule has 0 aliphatic heterocycles. The standard InChI is InChI=1S/C18H25ClN2O/c19-16-7-2-1-4-12(16)8-9-17(22)21-18-13-5-3-6-14(18)11-15(20)10-13/h1-2,4,7,13-15,18H,3,5-6,8-11,20H2,(H,21,22). The molecule has 2 aliphatic carbocycles. The molecule has 0 radical (unpaired) electrons. The van der Waals surface area contributed by atoms with Gasteiger partial charge in [-0.25, -0.2) is 0 Å². The minimum atomic E-state index is 0.150. The first-order valence-corrected chi connectivity index (χ1v) is 8.79. The molecule has 2 atom stereocenters. The summed E-state index contributed by atoms with van der Waals surface area (Å²) in [7, 11) is 0. The van der Waals surface area contributed by atoms with Crippen molar-refractivity contribution >= 4 is 17.5 Å². The number of halogens is 1. The summed E-state index contributed by atoms with van der Waals surface area (Å²) in [4.78, 5) is 12.3. The van der Waals surface area contributed by atoms with Crippen LogP contribution in [0.15, 0.2) is 24.3 Å². The van der Waals surface area contributed by atoms with Gasteiger partial charge in [0.05, 0.1) is 0 Å². The Morgan fingerprint density at radius 3 is 2.59 bits per heavy atom.